The number of nitrogens with zero attached hydrogens (tertiary/aromatic N) is 1. The SMILES string of the molecule is O=C(NC(CO)C1CCCCC1)C1CCCN1C1CCNCC1. The second-order valence-corrected chi connectivity index (χ2v) is 7.57. The Morgan fingerprint density at radius 3 is 2.52 bits per heavy atom. The van der Waals surface area contributed by atoms with E-state index in [4.69, 9.17) is 0 Å². The van der Waals surface area contributed by atoms with Gasteiger partial charge in [-0.1, -0.05) is 19.3 Å². The van der Waals surface area contributed by atoms with Crippen LogP contribution in [0.25, 0.3) is 0 Å². The summed E-state index contributed by atoms with van der Waals surface area (Å²) in [5.74, 6) is 0.622. The van der Waals surface area contributed by atoms with E-state index in [0.29, 0.717) is 12.0 Å². The van der Waals surface area contributed by atoms with E-state index in [1.165, 1.54) is 19.3 Å². The fourth-order valence-corrected chi connectivity index (χ4v) is 4.77. The molecule has 3 rings (SSSR count). The Balaban J connectivity index is 1.56. The van der Waals surface area contributed by atoms with Gasteiger partial charge < -0.3 is 15.7 Å². The number of aliphatic hydroxyl groups is 1. The Morgan fingerprint density at radius 1 is 1.09 bits per heavy atom. The third-order valence-corrected chi connectivity index (χ3v) is 6.12. The molecule has 5 nitrogen and oxygen atoms in total. The summed E-state index contributed by atoms with van der Waals surface area (Å²) in [6.07, 6.45) is 10.5. The lowest BCUT2D eigenvalue weighted by Crippen LogP contribution is -2.54. The van der Waals surface area contributed by atoms with E-state index in [9.17, 15) is 9.90 Å². The van der Waals surface area contributed by atoms with E-state index >= 15 is 0 Å². The number of hydrogen-bond acceptors (Lipinski definition) is 4. The largest absolute Gasteiger partial charge is 0.394 e. The zero-order valence-corrected chi connectivity index (χ0v) is 14.3. The predicted molar refractivity (Wildman–Crippen MR) is 91.2 cm³/mol. The van der Waals surface area contributed by atoms with Crippen LogP contribution < -0.4 is 10.6 Å². The maximum atomic E-state index is 12.8. The zero-order valence-electron chi connectivity index (χ0n) is 14.3. The maximum absolute atomic E-state index is 12.8. The number of nitrogens with one attached hydrogen (secondary N) is 2. The van der Waals surface area contributed by atoms with E-state index in [0.717, 1.165) is 58.2 Å². The fourth-order valence-electron chi connectivity index (χ4n) is 4.77. The van der Waals surface area contributed by atoms with Gasteiger partial charge in [0, 0.05) is 6.04 Å². The summed E-state index contributed by atoms with van der Waals surface area (Å²) in [4.78, 5) is 15.3. The first kappa shape index (κ1) is 17.2. The molecule has 2 heterocycles. The maximum Gasteiger partial charge on any atom is 0.237 e. The van der Waals surface area contributed by atoms with Crippen LogP contribution in [0.4, 0.5) is 0 Å². The lowest BCUT2D eigenvalue weighted by molar-refractivity contribution is -0.128. The number of rotatable bonds is 5. The van der Waals surface area contributed by atoms with E-state index in [2.05, 4.69) is 15.5 Å². The van der Waals surface area contributed by atoms with Crippen LogP contribution in [0.5, 0.6) is 0 Å². The molecule has 2 aliphatic heterocycles. The van der Waals surface area contributed by atoms with Crippen LogP contribution in [0, 0.1) is 5.92 Å². The van der Waals surface area contributed by atoms with Crippen LogP contribution >= 0.6 is 0 Å². The first-order valence-electron chi connectivity index (χ1n) is 9.67. The van der Waals surface area contributed by atoms with Crippen LogP contribution in [-0.2, 0) is 4.79 Å². The minimum atomic E-state index is -0.0433. The minimum Gasteiger partial charge on any atom is -0.394 e. The highest BCUT2D eigenvalue weighted by Gasteiger charge is 2.37. The molecule has 1 saturated carbocycles. The summed E-state index contributed by atoms with van der Waals surface area (Å²) in [6.45, 7) is 3.26. The van der Waals surface area contributed by atoms with Crippen molar-refractivity contribution in [2.45, 2.75) is 75.9 Å². The quantitative estimate of drug-likeness (QED) is 0.713. The van der Waals surface area contributed by atoms with Gasteiger partial charge in [-0.25, -0.2) is 0 Å². The standard InChI is InChI=1S/C18H33N3O2/c22-13-16(14-5-2-1-3-6-14)20-18(23)17-7-4-12-21(17)15-8-10-19-11-9-15/h14-17,19,22H,1-13H2,(H,20,23). The molecule has 0 aromatic carbocycles. The monoisotopic (exact) mass is 323 g/mol. The molecular formula is C18H33N3O2. The van der Waals surface area contributed by atoms with Crippen molar-refractivity contribution in [3.05, 3.63) is 0 Å². The number of amides is 1. The summed E-state index contributed by atoms with van der Waals surface area (Å²) in [5.41, 5.74) is 0. The van der Waals surface area contributed by atoms with Gasteiger partial charge in [-0.2, -0.15) is 0 Å². The average molecular weight is 323 g/mol. The molecule has 2 atom stereocenters. The second-order valence-electron chi connectivity index (χ2n) is 7.57. The second kappa shape index (κ2) is 8.45. The van der Waals surface area contributed by atoms with E-state index in [1.54, 1.807) is 0 Å². The Morgan fingerprint density at radius 2 is 1.83 bits per heavy atom. The van der Waals surface area contributed by atoms with Crippen LogP contribution in [-0.4, -0.2) is 60.3 Å². The Kier molecular flexibility index (Phi) is 6.31. The summed E-state index contributed by atoms with van der Waals surface area (Å²) in [6, 6.07) is 0.533. The number of hydrogen-bond donors (Lipinski definition) is 3. The van der Waals surface area contributed by atoms with Gasteiger partial charge >= 0.3 is 0 Å². The van der Waals surface area contributed by atoms with E-state index < -0.39 is 0 Å². The third-order valence-electron chi connectivity index (χ3n) is 6.12. The minimum absolute atomic E-state index is 0.0238. The van der Waals surface area contributed by atoms with Crippen molar-refractivity contribution in [2.24, 2.45) is 5.92 Å². The van der Waals surface area contributed by atoms with Crippen molar-refractivity contribution in [2.75, 3.05) is 26.2 Å². The summed E-state index contributed by atoms with van der Waals surface area (Å²) in [5, 5.41) is 16.4. The van der Waals surface area contributed by atoms with Gasteiger partial charge in [0.05, 0.1) is 18.7 Å². The molecule has 132 valence electrons. The molecular weight excluding hydrogens is 290 g/mol. The molecule has 3 fully saturated rings. The summed E-state index contributed by atoms with van der Waals surface area (Å²) < 4.78 is 0. The molecule has 0 radical (unpaired) electrons. The molecule has 0 spiro atoms. The first-order chi connectivity index (χ1) is 11.3. The lowest BCUT2D eigenvalue weighted by atomic mass is 9.84. The molecule has 0 aromatic rings. The third kappa shape index (κ3) is 4.25. The number of likely N-dealkylation sites (tertiary alicyclic amines) is 1. The van der Waals surface area contributed by atoms with E-state index in [-0.39, 0.29) is 24.6 Å². The number of piperidine rings is 1. The van der Waals surface area contributed by atoms with Crippen LogP contribution in [0.2, 0.25) is 0 Å². The highest BCUT2D eigenvalue weighted by molar-refractivity contribution is 5.82. The number of aliphatic hydroxyl groups excluding tert-OH is 1. The van der Waals surface area contributed by atoms with Crippen molar-refractivity contribution in [3.63, 3.8) is 0 Å². The van der Waals surface area contributed by atoms with Crippen molar-refractivity contribution in [1.29, 1.82) is 0 Å². The van der Waals surface area contributed by atoms with Crippen LogP contribution in [0.1, 0.15) is 57.8 Å². The summed E-state index contributed by atoms with van der Waals surface area (Å²) >= 11 is 0. The van der Waals surface area contributed by atoms with Crippen molar-refractivity contribution in [1.82, 2.24) is 15.5 Å². The van der Waals surface area contributed by atoms with Crippen LogP contribution in [0.15, 0.2) is 0 Å². The summed E-state index contributed by atoms with van der Waals surface area (Å²) in [7, 11) is 0. The topological polar surface area (TPSA) is 64.6 Å². The smallest absolute Gasteiger partial charge is 0.237 e. The number of carbonyl (C=O) groups excluding carboxylic acids is 1. The number of carbonyl (C=O) groups is 1. The molecule has 1 amide bonds. The molecule has 2 unspecified atom stereocenters. The van der Waals surface area contributed by atoms with Crippen molar-refractivity contribution in [3.8, 4) is 0 Å². The van der Waals surface area contributed by atoms with Gasteiger partial charge in [-0.05, 0) is 64.1 Å². The van der Waals surface area contributed by atoms with Crippen LogP contribution in [0.3, 0.4) is 0 Å². The highest BCUT2D eigenvalue weighted by atomic mass is 16.3. The molecule has 5 heteroatoms. The van der Waals surface area contributed by atoms with Gasteiger partial charge in [0.25, 0.3) is 0 Å². The van der Waals surface area contributed by atoms with Gasteiger partial charge in [0.1, 0.15) is 0 Å². The van der Waals surface area contributed by atoms with Crippen molar-refractivity contribution >= 4 is 5.91 Å². The lowest BCUT2D eigenvalue weighted by Gasteiger charge is -2.36. The average Bonchev–Trinajstić information content (AvgIpc) is 3.11. The van der Waals surface area contributed by atoms with Gasteiger partial charge in [0.2, 0.25) is 5.91 Å². The normalized spacial score (nSPS) is 29.5. The van der Waals surface area contributed by atoms with Gasteiger partial charge in [0.15, 0.2) is 0 Å². The molecule has 0 aromatic heterocycles. The molecule has 3 N–H and O–H groups in total. The van der Waals surface area contributed by atoms with Crippen molar-refractivity contribution < 1.29 is 9.90 Å². The molecule has 23 heavy (non-hydrogen) atoms. The van der Waals surface area contributed by atoms with Gasteiger partial charge in [-0.15, -0.1) is 0 Å². The molecule has 2 saturated heterocycles. The molecule has 1 aliphatic carbocycles. The molecule has 0 bridgehead atoms. The predicted octanol–water partition coefficient (Wildman–Crippen LogP) is 1.26. The fraction of sp³-hybridized carbons (Fsp3) is 0.944. The molecule has 3 aliphatic rings. The Bertz CT molecular complexity index is 378. The zero-order chi connectivity index (χ0) is 16.1. The Labute approximate surface area is 140 Å². The van der Waals surface area contributed by atoms with E-state index in [1.807, 2.05) is 0 Å². The van der Waals surface area contributed by atoms with Gasteiger partial charge in [-0.3, -0.25) is 9.69 Å². The first-order valence-corrected chi connectivity index (χ1v) is 9.67. The Hall–Kier alpha value is -0.650. The highest BCUT2D eigenvalue weighted by Crippen LogP contribution is 2.28.